The highest BCUT2D eigenvalue weighted by atomic mass is 19.3. The molecule has 0 amide bonds. The minimum atomic E-state index is -2.51. The molecule has 0 spiro atoms. The third-order valence-corrected chi connectivity index (χ3v) is 3.96. The van der Waals surface area contributed by atoms with Crippen LogP contribution in [-0.4, -0.2) is 22.4 Å². The number of ether oxygens (including phenoxy) is 1. The number of fused-ring (bicyclic) bond motifs is 1. The van der Waals surface area contributed by atoms with Gasteiger partial charge >= 0.3 is 0 Å². The first kappa shape index (κ1) is 18.8. The summed E-state index contributed by atoms with van der Waals surface area (Å²) in [4.78, 5) is 4.32. The van der Waals surface area contributed by atoms with Crippen LogP contribution < -0.4 is 10.1 Å². The van der Waals surface area contributed by atoms with Crippen molar-refractivity contribution < 1.29 is 17.9 Å². The van der Waals surface area contributed by atoms with Gasteiger partial charge in [-0.1, -0.05) is 19.1 Å². The van der Waals surface area contributed by atoms with Crippen molar-refractivity contribution in [3.8, 4) is 11.5 Å². The lowest BCUT2D eigenvalue weighted by Crippen LogP contribution is -2.11. The number of allylic oxidation sites excluding steroid dienone is 1. The summed E-state index contributed by atoms with van der Waals surface area (Å²) in [5.41, 5.74) is 2.47. The number of halogens is 3. The van der Waals surface area contributed by atoms with Gasteiger partial charge in [-0.2, -0.15) is 0 Å². The zero-order valence-electron chi connectivity index (χ0n) is 15.0. The minimum absolute atomic E-state index is 0.361. The molecule has 1 N–H and O–H groups in total. The summed E-state index contributed by atoms with van der Waals surface area (Å²) in [6.45, 7) is 3.30. The summed E-state index contributed by atoms with van der Waals surface area (Å²) >= 11 is 0. The van der Waals surface area contributed by atoms with Crippen molar-refractivity contribution in [2.45, 2.75) is 26.7 Å². The number of hydrogen-bond acceptors (Lipinski definition) is 3. The maximum atomic E-state index is 13.5. The number of hydrogen-bond donors (Lipinski definition) is 1. The van der Waals surface area contributed by atoms with E-state index in [1.165, 1.54) is 12.1 Å². The molecule has 0 aliphatic carbocycles. The predicted molar refractivity (Wildman–Crippen MR) is 100 cm³/mol. The summed E-state index contributed by atoms with van der Waals surface area (Å²) in [7, 11) is 0. The molecule has 142 valence electrons. The molecule has 3 rings (SSSR count). The second-order valence-corrected chi connectivity index (χ2v) is 6.06. The van der Waals surface area contributed by atoms with Crippen molar-refractivity contribution in [2.75, 3.05) is 11.9 Å². The fourth-order valence-electron chi connectivity index (χ4n) is 2.63. The average Bonchev–Trinajstić information content (AvgIpc) is 3.04. The highest BCUT2D eigenvalue weighted by molar-refractivity contribution is 5.72. The van der Waals surface area contributed by atoms with Crippen LogP contribution in [0.2, 0.25) is 0 Å². The number of anilines is 1. The number of benzene rings is 1. The Kier molecular flexibility index (Phi) is 5.69. The van der Waals surface area contributed by atoms with E-state index >= 15 is 0 Å². The Morgan fingerprint density at radius 3 is 2.85 bits per heavy atom. The van der Waals surface area contributed by atoms with E-state index in [9.17, 15) is 13.2 Å². The molecule has 0 unspecified atom stereocenters. The van der Waals surface area contributed by atoms with Gasteiger partial charge in [0, 0.05) is 12.1 Å². The van der Waals surface area contributed by atoms with Gasteiger partial charge in [-0.3, -0.25) is 4.40 Å². The van der Waals surface area contributed by atoms with E-state index in [4.69, 9.17) is 4.74 Å². The van der Waals surface area contributed by atoms with Crippen LogP contribution in [0.4, 0.5) is 18.9 Å². The van der Waals surface area contributed by atoms with Crippen LogP contribution in [-0.2, 0) is 0 Å². The molecule has 7 heteroatoms. The summed E-state index contributed by atoms with van der Waals surface area (Å²) in [6, 6.07) is 5.84. The second-order valence-electron chi connectivity index (χ2n) is 6.06. The van der Waals surface area contributed by atoms with E-state index in [0.29, 0.717) is 22.8 Å². The van der Waals surface area contributed by atoms with Crippen molar-refractivity contribution in [2.24, 2.45) is 0 Å². The highest BCUT2D eigenvalue weighted by Gasteiger charge is 2.13. The van der Waals surface area contributed by atoms with Gasteiger partial charge in [0.2, 0.25) is 0 Å². The van der Waals surface area contributed by atoms with Crippen LogP contribution in [0.15, 0.2) is 42.7 Å². The van der Waals surface area contributed by atoms with Gasteiger partial charge in [-0.15, -0.1) is 0 Å². The molecule has 2 heterocycles. The van der Waals surface area contributed by atoms with E-state index in [0.717, 1.165) is 17.7 Å². The molecular formula is C20H20F3N3O. The predicted octanol–water partition coefficient (Wildman–Crippen LogP) is 5.67. The zero-order chi connectivity index (χ0) is 19.4. The van der Waals surface area contributed by atoms with Crippen molar-refractivity contribution in [1.29, 1.82) is 0 Å². The van der Waals surface area contributed by atoms with E-state index in [-0.39, 0.29) is 0 Å². The standard InChI is InChI=1S/C20H20F3N3O/c1-3-4-5-15-10-25-20-17(24-11-19(22)23)9-16(12-26(15)20)27-18-8-14(21)7-6-13(18)2/h4-10,12,19,24H,3,11H2,1-2H3. The molecule has 2 aromatic heterocycles. The number of rotatable bonds is 7. The third-order valence-electron chi connectivity index (χ3n) is 3.96. The number of alkyl halides is 2. The molecular weight excluding hydrogens is 355 g/mol. The van der Waals surface area contributed by atoms with Crippen LogP contribution in [0.1, 0.15) is 24.6 Å². The second kappa shape index (κ2) is 8.16. The van der Waals surface area contributed by atoms with E-state index < -0.39 is 18.8 Å². The number of aromatic nitrogens is 2. The number of aryl methyl sites for hydroxylation is 1. The normalized spacial score (nSPS) is 11.6. The molecule has 0 aliphatic rings. The van der Waals surface area contributed by atoms with Crippen molar-refractivity contribution in [3.05, 3.63) is 59.8 Å². The summed E-state index contributed by atoms with van der Waals surface area (Å²) in [6.07, 6.45) is 5.58. The Bertz CT molecular complexity index is 967. The van der Waals surface area contributed by atoms with Gasteiger partial charge in [-0.05, 0) is 31.1 Å². The summed E-state index contributed by atoms with van der Waals surface area (Å²) < 4.78 is 46.5. The van der Waals surface area contributed by atoms with Gasteiger partial charge in [0.15, 0.2) is 5.65 Å². The number of pyridine rings is 1. The largest absolute Gasteiger partial charge is 0.455 e. The molecule has 0 saturated heterocycles. The molecule has 27 heavy (non-hydrogen) atoms. The average molecular weight is 375 g/mol. The first-order chi connectivity index (χ1) is 13.0. The SMILES string of the molecule is CCC=Cc1cnc2c(NCC(F)F)cc(Oc3cc(F)ccc3C)cn12. The van der Waals surface area contributed by atoms with E-state index in [1.807, 2.05) is 19.1 Å². The quantitative estimate of drug-likeness (QED) is 0.578. The van der Waals surface area contributed by atoms with Crippen molar-refractivity contribution >= 4 is 17.4 Å². The first-order valence-electron chi connectivity index (χ1n) is 8.61. The van der Waals surface area contributed by atoms with Gasteiger partial charge in [-0.25, -0.2) is 18.2 Å². The first-order valence-corrected chi connectivity index (χ1v) is 8.61. The minimum Gasteiger partial charge on any atom is -0.455 e. The Balaban J connectivity index is 2.05. The fraction of sp³-hybridized carbons (Fsp3) is 0.250. The Labute approximate surface area is 155 Å². The molecule has 0 fully saturated rings. The number of nitrogens with zero attached hydrogens (tertiary/aromatic N) is 2. The maximum absolute atomic E-state index is 13.5. The summed E-state index contributed by atoms with van der Waals surface area (Å²) in [5, 5.41) is 2.70. The van der Waals surface area contributed by atoms with Crippen LogP contribution in [0.25, 0.3) is 11.7 Å². The maximum Gasteiger partial charge on any atom is 0.255 e. The summed E-state index contributed by atoms with van der Waals surface area (Å²) in [5.74, 6) is 0.332. The third kappa shape index (κ3) is 4.42. The Hall–Kier alpha value is -2.96. The lowest BCUT2D eigenvalue weighted by Gasteiger charge is -2.13. The van der Waals surface area contributed by atoms with Crippen LogP contribution >= 0.6 is 0 Å². The van der Waals surface area contributed by atoms with Crippen molar-refractivity contribution in [3.63, 3.8) is 0 Å². The number of imidazole rings is 1. The molecule has 3 aromatic rings. The lowest BCUT2D eigenvalue weighted by atomic mass is 10.2. The van der Waals surface area contributed by atoms with Crippen molar-refractivity contribution in [1.82, 2.24) is 9.38 Å². The molecule has 1 aromatic carbocycles. The van der Waals surface area contributed by atoms with Gasteiger partial charge in [0.1, 0.15) is 17.3 Å². The molecule has 0 aliphatic heterocycles. The molecule has 0 radical (unpaired) electrons. The van der Waals surface area contributed by atoms with Gasteiger partial charge < -0.3 is 10.1 Å². The molecule has 0 atom stereocenters. The smallest absolute Gasteiger partial charge is 0.255 e. The number of nitrogens with one attached hydrogen (secondary N) is 1. The fourth-order valence-corrected chi connectivity index (χ4v) is 2.63. The zero-order valence-corrected chi connectivity index (χ0v) is 15.0. The van der Waals surface area contributed by atoms with Crippen LogP contribution in [0.5, 0.6) is 11.5 Å². The van der Waals surface area contributed by atoms with Gasteiger partial charge in [0.25, 0.3) is 6.43 Å². The Morgan fingerprint density at radius 1 is 1.30 bits per heavy atom. The van der Waals surface area contributed by atoms with Crippen LogP contribution in [0.3, 0.4) is 0 Å². The topological polar surface area (TPSA) is 38.6 Å². The van der Waals surface area contributed by atoms with Gasteiger partial charge in [0.05, 0.1) is 30.3 Å². The van der Waals surface area contributed by atoms with E-state index in [1.54, 1.807) is 35.9 Å². The Morgan fingerprint density at radius 2 is 2.11 bits per heavy atom. The monoisotopic (exact) mass is 375 g/mol. The van der Waals surface area contributed by atoms with E-state index in [2.05, 4.69) is 10.3 Å². The lowest BCUT2D eigenvalue weighted by molar-refractivity contribution is 0.163. The molecule has 0 bridgehead atoms. The molecule has 0 saturated carbocycles. The molecule has 4 nitrogen and oxygen atoms in total. The van der Waals surface area contributed by atoms with Crippen LogP contribution in [0, 0.1) is 12.7 Å². The highest BCUT2D eigenvalue weighted by Crippen LogP contribution is 2.30.